The number of hydrogen-bond acceptors (Lipinski definition) is 6. The van der Waals surface area contributed by atoms with E-state index in [1.165, 1.54) is 18.2 Å². The predicted octanol–water partition coefficient (Wildman–Crippen LogP) is 3.96. The lowest BCUT2D eigenvalue weighted by molar-refractivity contribution is 0.284. The van der Waals surface area contributed by atoms with Gasteiger partial charge in [-0.2, -0.15) is 15.1 Å². The minimum atomic E-state index is -0.551. The highest BCUT2D eigenvalue weighted by Crippen LogP contribution is 2.21. The van der Waals surface area contributed by atoms with Crippen molar-refractivity contribution in [3.63, 3.8) is 0 Å². The van der Waals surface area contributed by atoms with Gasteiger partial charge in [-0.1, -0.05) is 37.1 Å². The number of anilines is 2. The molecular weight excluding hydrogens is 448 g/mol. The molecule has 0 saturated carbocycles. The van der Waals surface area contributed by atoms with Crippen molar-refractivity contribution in [2.75, 3.05) is 43.4 Å². The fourth-order valence-corrected chi connectivity index (χ4v) is 4.13. The van der Waals surface area contributed by atoms with Gasteiger partial charge >= 0.3 is 0 Å². The summed E-state index contributed by atoms with van der Waals surface area (Å²) in [4.78, 5) is 12.8. The number of nitrogens with two attached hydrogens (primary N) is 1. The van der Waals surface area contributed by atoms with Gasteiger partial charge in [-0.05, 0) is 18.6 Å². The first kappa shape index (κ1) is 23.1. The predicted molar refractivity (Wildman–Crippen MR) is 127 cm³/mol. The van der Waals surface area contributed by atoms with Crippen molar-refractivity contribution < 1.29 is 8.78 Å². The van der Waals surface area contributed by atoms with Crippen molar-refractivity contribution in [2.24, 2.45) is 0 Å². The molecule has 1 aromatic carbocycles. The molecule has 7 nitrogen and oxygen atoms in total. The summed E-state index contributed by atoms with van der Waals surface area (Å²) in [5, 5.41) is 4.73. The smallest absolute Gasteiger partial charge is 0.254 e. The Morgan fingerprint density at radius 1 is 1.06 bits per heavy atom. The van der Waals surface area contributed by atoms with Gasteiger partial charge < -0.3 is 10.6 Å². The number of aromatic nitrogens is 4. The first-order valence-electron chi connectivity index (χ1n) is 10.9. The molecule has 1 saturated heterocycles. The highest BCUT2D eigenvalue weighted by atomic mass is 35.5. The van der Waals surface area contributed by atoms with Gasteiger partial charge in [0.25, 0.3) is 5.95 Å². The highest BCUT2D eigenvalue weighted by Gasteiger charge is 2.18. The van der Waals surface area contributed by atoms with Gasteiger partial charge in [0, 0.05) is 56.1 Å². The van der Waals surface area contributed by atoms with Crippen LogP contribution in [0.4, 0.5) is 20.3 Å². The standard InChI is InChI=1S/C23H26ClF2N7/c1-2-4-20-16(15-28-33(20)23-29-21(24)14-22(27)30-23)5-3-6-31-7-9-32(10-8-31)19-12-17(25)11-18(26)13-19/h3,5,11-15H,2,4,6-10H2,1H3,(H2,27,29,30). The summed E-state index contributed by atoms with van der Waals surface area (Å²) in [6.07, 6.45) is 7.68. The molecule has 33 heavy (non-hydrogen) atoms. The molecule has 10 heteroatoms. The van der Waals surface area contributed by atoms with Gasteiger partial charge in [0.1, 0.15) is 22.6 Å². The fraction of sp³-hybridized carbons (Fsp3) is 0.348. The van der Waals surface area contributed by atoms with Crippen molar-refractivity contribution in [1.82, 2.24) is 24.6 Å². The van der Waals surface area contributed by atoms with E-state index in [0.29, 0.717) is 30.5 Å². The Balaban J connectivity index is 1.40. The second-order valence-electron chi connectivity index (χ2n) is 7.94. The number of benzene rings is 1. The molecule has 0 bridgehead atoms. The van der Waals surface area contributed by atoms with Crippen LogP contribution in [0.5, 0.6) is 0 Å². The van der Waals surface area contributed by atoms with Crippen LogP contribution in [-0.2, 0) is 6.42 Å². The van der Waals surface area contributed by atoms with E-state index in [1.807, 2.05) is 4.90 Å². The Morgan fingerprint density at radius 2 is 1.79 bits per heavy atom. The number of nitrogen functional groups attached to an aromatic ring is 1. The molecule has 174 valence electrons. The Kier molecular flexibility index (Phi) is 7.20. The summed E-state index contributed by atoms with van der Waals surface area (Å²) >= 11 is 6.04. The van der Waals surface area contributed by atoms with E-state index in [1.54, 1.807) is 10.9 Å². The number of piperazine rings is 1. The van der Waals surface area contributed by atoms with E-state index in [-0.39, 0.29) is 5.15 Å². The maximum absolute atomic E-state index is 13.5. The van der Waals surface area contributed by atoms with E-state index in [4.69, 9.17) is 17.3 Å². The minimum absolute atomic E-state index is 0.271. The highest BCUT2D eigenvalue weighted by molar-refractivity contribution is 6.29. The molecule has 2 N–H and O–H groups in total. The van der Waals surface area contributed by atoms with Crippen LogP contribution in [0.1, 0.15) is 24.6 Å². The number of rotatable bonds is 7. The molecule has 0 unspecified atom stereocenters. The van der Waals surface area contributed by atoms with E-state index < -0.39 is 11.6 Å². The van der Waals surface area contributed by atoms with Crippen LogP contribution in [-0.4, -0.2) is 57.4 Å². The molecule has 0 aliphatic carbocycles. The van der Waals surface area contributed by atoms with Crippen LogP contribution in [0.15, 0.2) is 36.5 Å². The molecule has 1 aliphatic rings. The molecule has 0 atom stereocenters. The largest absolute Gasteiger partial charge is 0.383 e. The molecule has 0 radical (unpaired) electrons. The Bertz CT molecular complexity index is 1100. The van der Waals surface area contributed by atoms with E-state index in [2.05, 4.69) is 39.0 Å². The Labute approximate surface area is 196 Å². The van der Waals surface area contributed by atoms with Crippen molar-refractivity contribution in [3.05, 3.63) is 64.6 Å². The van der Waals surface area contributed by atoms with Crippen molar-refractivity contribution >= 4 is 29.2 Å². The monoisotopic (exact) mass is 473 g/mol. The quantitative estimate of drug-likeness (QED) is 0.523. The second-order valence-corrected chi connectivity index (χ2v) is 8.33. The summed E-state index contributed by atoms with van der Waals surface area (Å²) in [6, 6.07) is 5.15. The third-order valence-corrected chi connectivity index (χ3v) is 5.72. The van der Waals surface area contributed by atoms with Gasteiger partial charge in [0.15, 0.2) is 0 Å². The van der Waals surface area contributed by atoms with E-state index in [0.717, 1.165) is 49.8 Å². The van der Waals surface area contributed by atoms with Gasteiger partial charge in [-0.3, -0.25) is 4.90 Å². The molecule has 1 aliphatic heterocycles. The summed E-state index contributed by atoms with van der Waals surface area (Å²) in [5.74, 6) is -0.456. The summed E-state index contributed by atoms with van der Waals surface area (Å²) in [6.45, 7) is 5.90. The topological polar surface area (TPSA) is 76.1 Å². The van der Waals surface area contributed by atoms with Crippen LogP contribution in [0.2, 0.25) is 5.15 Å². The fourth-order valence-electron chi connectivity index (χ4n) is 3.94. The van der Waals surface area contributed by atoms with Crippen LogP contribution >= 0.6 is 11.6 Å². The molecular formula is C23H26ClF2N7. The van der Waals surface area contributed by atoms with E-state index >= 15 is 0 Å². The number of nitrogens with zero attached hydrogens (tertiary/aromatic N) is 6. The lowest BCUT2D eigenvalue weighted by atomic mass is 10.1. The summed E-state index contributed by atoms with van der Waals surface area (Å²) < 4.78 is 28.7. The molecule has 3 heterocycles. The first-order chi connectivity index (χ1) is 15.9. The number of hydrogen-bond donors (Lipinski definition) is 1. The van der Waals surface area contributed by atoms with Crippen molar-refractivity contribution in [2.45, 2.75) is 19.8 Å². The second kappa shape index (κ2) is 10.3. The Morgan fingerprint density at radius 3 is 2.45 bits per heavy atom. The lowest BCUT2D eigenvalue weighted by Crippen LogP contribution is -2.46. The van der Waals surface area contributed by atoms with Crippen LogP contribution in [0.25, 0.3) is 12.0 Å². The summed E-state index contributed by atoms with van der Waals surface area (Å²) in [7, 11) is 0. The average Bonchev–Trinajstić information content (AvgIpc) is 3.16. The average molecular weight is 474 g/mol. The maximum atomic E-state index is 13.5. The number of halogens is 3. The Hall–Kier alpha value is -3.04. The molecule has 4 rings (SSSR count). The lowest BCUT2D eigenvalue weighted by Gasteiger charge is -2.35. The van der Waals surface area contributed by atoms with Gasteiger partial charge in [0.2, 0.25) is 0 Å². The van der Waals surface area contributed by atoms with Crippen molar-refractivity contribution in [3.8, 4) is 5.95 Å². The van der Waals surface area contributed by atoms with Gasteiger partial charge in [-0.15, -0.1) is 0 Å². The molecule has 3 aromatic rings. The maximum Gasteiger partial charge on any atom is 0.254 e. The minimum Gasteiger partial charge on any atom is -0.383 e. The first-order valence-corrected chi connectivity index (χ1v) is 11.3. The normalized spacial score (nSPS) is 15.0. The van der Waals surface area contributed by atoms with Crippen LogP contribution in [0.3, 0.4) is 0 Å². The third-order valence-electron chi connectivity index (χ3n) is 5.53. The van der Waals surface area contributed by atoms with Gasteiger partial charge in [0.05, 0.1) is 11.9 Å². The van der Waals surface area contributed by atoms with Crippen LogP contribution in [0, 0.1) is 11.6 Å². The van der Waals surface area contributed by atoms with Crippen LogP contribution < -0.4 is 10.6 Å². The van der Waals surface area contributed by atoms with E-state index in [9.17, 15) is 8.78 Å². The zero-order chi connectivity index (χ0) is 23.4. The SMILES string of the molecule is CCCc1c(C=CCN2CCN(c3cc(F)cc(F)c3)CC2)cnn1-c1nc(N)cc(Cl)n1. The van der Waals surface area contributed by atoms with Gasteiger partial charge in [-0.25, -0.2) is 13.5 Å². The zero-order valence-electron chi connectivity index (χ0n) is 18.4. The summed E-state index contributed by atoms with van der Waals surface area (Å²) in [5.41, 5.74) is 8.39. The molecule has 0 amide bonds. The third kappa shape index (κ3) is 5.66. The van der Waals surface area contributed by atoms with Crippen molar-refractivity contribution in [1.29, 1.82) is 0 Å². The zero-order valence-corrected chi connectivity index (χ0v) is 19.1. The molecule has 1 fully saturated rings. The molecule has 0 spiro atoms. The molecule has 2 aromatic heterocycles.